The van der Waals surface area contributed by atoms with Crippen molar-refractivity contribution in [2.24, 2.45) is 0 Å². The van der Waals surface area contributed by atoms with Gasteiger partial charge in [-0.25, -0.2) is 9.37 Å². The van der Waals surface area contributed by atoms with E-state index in [1.54, 1.807) is 0 Å². The Morgan fingerprint density at radius 3 is 2.58 bits per heavy atom. The van der Waals surface area contributed by atoms with Crippen molar-refractivity contribution in [2.45, 2.75) is 42.9 Å². The summed E-state index contributed by atoms with van der Waals surface area (Å²) in [4.78, 5) is 31.9. The van der Waals surface area contributed by atoms with Crippen LogP contribution in [0.4, 0.5) is 28.9 Å². The Morgan fingerprint density at radius 1 is 1.31 bits per heavy atom. The molecule has 1 aliphatic heterocycles. The third-order valence-electron chi connectivity index (χ3n) is 6.38. The monoisotopic (exact) mass is 523 g/mol. The third kappa shape index (κ3) is 4.24. The van der Waals surface area contributed by atoms with Gasteiger partial charge in [0.1, 0.15) is 17.4 Å². The number of nitrogens with one attached hydrogen (secondary N) is 1. The Bertz CT molecular complexity index is 1250. The summed E-state index contributed by atoms with van der Waals surface area (Å²) in [6.07, 6.45) is -2.13. The number of carbonyl (C=O) groups excluding carboxylic acids is 2. The summed E-state index contributed by atoms with van der Waals surface area (Å²) in [5.74, 6) is -2.04. The highest BCUT2D eigenvalue weighted by Gasteiger charge is 2.60. The molecule has 1 atom stereocenters. The highest BCUT2D eigenvalue weighted by atomic mass is 32.1. The maximum atomic E-state index is 14.9. The summed E-state index contributed by atoms with van der Waals surface area (Å²) in [7, 11) is 0. The first-order valence-corrected chi connectivity index (χ1v) is 11.5. The molecule has 1 aromatic carbocycles. The second-order valence-electron chi connectivity index (χ2n) is 8.47. The highest BCUT2D eigenvalue weighted by Crippen LogP contribution is 2.50. The molecule has 1 saturated carbocycles. The van der Waals surface area contributed by atoms with Crippen molar-refractivity contribution >= 4 is 35.8 Å². The van der Waals surface area contributed by atoms with Crippen LogP contribution in [0.1, 0.15) is 47.3 Å². The Hall–Kier alpha value is -3.37. The first kappa shape index (κ1) is 25.7. The average Bonchev–Trinajstić information content (AvgIpc) is 3.04. The zero-order chi connectivity index (χ0) is 26.3. The SMILES string of the molecule is N#Cc1ncc(N2C(=O)C3(CCC3)N(c3ccc(C(=O)NCCCO)c(F)c3)C2S)cc1C(F)(F)F. The van der Waals surface area contributed by atoms with Gasteiger partial charge >= 0.3 is 6.18 Å². The molecule has 1 aliphatic carbocycles. The van der Waals surface area contributed by atoms with Gasteiger partial charge in [0.2, 0.25) is 0 Å². The number of benzene rings is 1. The van der Waals surface area contributed by atoms with Gasteiger partial charge in [0, 0.05) is 18.8 Å². The van der Waals surface area contributed by atoms with Crippen LogP contribution < -0.4 is 15.1 Å². The molecule has 4 rings (SSSR count). The van der Waals surface area contributed by atoms with Crippen LogP contribution >= 0.6 is 12.6 Å². The van der Waals surface area contributed by atoms with E-state index in [1.807, 2.05) is 0 Å². The molecule has 36 heavy (non-hydrogen) atoms. The highest BCUT2D eigenvalue weighted by molar-refractivity contribution is 7.81. The van der Waals surface area contributed by atoms with Crippen LogP contribution in [-0.2, 0) is 11.0 Å². The minimum Gasteiger partial charge on any atom is -0.396 e. The van der Waals surface area contributed by atoms with Crippen molar-refractivity contribution in [3.8, 4) is 6.07 Å². The van der Waals surface area contributed by atoms with E-state index in [0.717, 1.165) is 17.2 Å². The number of nitrogens with zero attached hydrogens (tertiary/aromatic N) is 4. The number of amides is 2. The summed E-state index contributed by atoms with van der Waals surface area (Å²) in [6.45, 7) is 0.0261. The van der Waals surface area contributed by atoms with Crippen molar-refractivity contribution in [3.05, 3.63) is 53.1 Å². The maximum Gasteiger partial charge on any atom is 0.419 e. The van der Waals surface area contributed by atoms with Gasteiger partial charge in [0.25, 0.3) is 11.8 Å². The molecule has 8 nitrogen and oxygen atoms in total. The van der Waals surface area contributed by atoms with Crippen molar-refractivity contribution in [1.82, 2.24) is 10.3 Å². The number of alkyl halides is 3. The van der Waals surface area contributed by atoms with Crippen LogP contribution in [0.2, 0.25) is 0 Å². The minimum absolute atomic E-state index is 0.133. The number of thiol groups is 1. The van der Waals surface area contributed by atoms with Gasteiger partial charge in [0.05, 0.1) is 23.0 Å². The van der Waals surface area contributed by atoms with Gasteiger partial charge in [0.15, 0.2) is 11.2 Å². The Balaban J connectivity index is 1.70. The van der Waals surface area contributed by atoms with E-state index in [2.05, 4.69) is 22.9 Å². The lowest BCUT2D eigenvalue weighted by molar-refractivity contribution is -0.138. The molecule has 1 saturated heterocycles. The number of hydrogen-bond donors (Lipinski definition) is 3. The second kappa shape index (κ2) is 9.59. The number of aliphatic hydroxyl groups excluding tert-OH is 1. The molecule has 13 heteroatoms. The number of rotatable bonds is 6. The fourth-order valence-electron chi connectivity index (χ4n) is 4.47. The normalized spacial score (nSPS) is 18.8. The molecule has 2 aliphatic rings. The maximum absolute atomic E-state index is 14.9. The lowest BCUT2D eigenvalue weighted by Crippen LogP contribution is -2.55. The average molecular weight is 524 g/mol. The second-order valence-corrected chi connectivity index (χ2v) is 8.94. The van der Waals surface area contributed by atoms with E-state index in [0.29, 0.717) is 31.7 Å². The van der Waals surface area contributed by atoms with Crippen LogP contribution in [0, 0.1) is 17.1 Å². The largest absolute Gasteiger partial charge is 0.419 e. The molecule has 190 valence electrons. The van der Waals surface area contributed by atoms with Gasteiger partial charge < -0.3 is 15.3 Å². The summed E-state index contributed by atoms with van der Waals surface area (Å²) < 4.78 is 55.4. The number of aliphatic hydroxyl groups is 1. The number of carbonyl (C=O) groups is 2. The third-order valence-corrected chi connectivity index (χ3v) is 6.84. The Morgan fingerprint density at radius 2 is 2.03 bits per heavy atom. The molecule has 2 aromatic rings. The standard InChI is InChI=1S/C23H21F4N5O3S/c24-17-10-13(3-4-15(17)19(34)29-7-2-8-33)32-21(36)31(20(35)22(32)5-1-6-22)14-9-16(23(25,26)27)18(11-28)30-12-14/h3-4,9-10,12,21,33,36H,1-2,5-8H2,(H,29,34). The number of hydrogen-bond acceptors (Lipinski definition) is 7. The molecule has 1 unspecified atom stereocenters. The number of halogens is 4. The summed E-state index contributed by atoms with van der Waals surface area (Å²) >= 11 is 4.51. The lowest BCUT2D eigenvalue weighted by Gasteiger charge is -2.44. The smallest absolute Gasteiger partial charge is 0.396 e. The number of anilines is 2. The molecule has 0 bridgehead atoms. The van der Waals surface area contributed by atoms with E-state index in [1.165, 1.54) is 23.1 Å². The fourth-order valence-corrected chi connectivity index (χ4v) is 5.06. The summed E-state index contributed by atoms with van der Waals surface area (Å²) in [5.41, 5.74) is -4.54. The molecule has 0 radical (unpaired) electrons. The van der Waals surface area contributed by atoms with Gasteiger partial charge in [-0.15, -0.1) is 12.6 Å². The first-order valence-electron chi connectivity index (χ1n) is 11.0. The molecule has 2 heterocycles. The molecule has 2 fully saturated rings. The van der Waals surface area contributed by atoms with Crippen LogP contribution in [0.3, 0.4) is 0 Å². The number of aromatic nitrogens is 1. The van der Waals surface area contributed by atoms with Gasteiger partial charge in [-0.3, -0.25) is 14.5 Å². The minimum atomic E-state index is -4.87. The van der Waals surface area contributed by atoms with Crippen molar-refractivity contribution in [1.29, 1.82) is 5.26 Å². The molecule has 1 aromatic heterocycles. The van der Waals surface area contributed by atoms with Crippen molar-refractivity contribution < 1.29 is 32.3 Å². The van der Waals surface area contributed by atoms with Crippen molar-refractivity contribution in [2.75, 3.05) is 23.0 Å². The van der Waals surface area contributed by atoms with E-state index < -0.39 is 46.1 Å². The fraction of sp³-hybridized carbons (Fsp3) is 0.391. The van der Waals surface area contributed by atoms with Crippen LogP contribution in [0.25, 0.3) is 0 Å². The Labute approximate surface area is 208 Å². The van der Waals surface area contributed by atoms with Crippen LogP contribution in [-0.4, -0.2) is 46.1 Å². The summed E-state index contributed by atoms with van der Waals surface area (Å²) in [6, 6.07) is 5.87. The van der Waals surface area contributed by atoms with E-state index in [9.17, 15) is 27.2 Å². The number of pyridine rings is 1. The summed E-state index contributed by atoms with van der Waals surface area (Å²) in [5, 5.41) is 20.3. The quantitative estimate of drug-likeness (QED) is 0.305. The van der Waals surface area contributed by atoms with E-state index in [-0.39, 0.29) is 30.1 Å². The zero-order valence-corrected chi connectivity index (χ0v) is 19.6. The van der Waals surface area contributed by atoms with Crippen LogP contribution in [0.5, 0.6) is 0 Å². The van der Waals surface area contributed by atoms with Gasteiger partial charge in [-0.1, -0.05) is 0 Å². The zero-order valence-electron chi connectivity index (χ0n) is 18.7. The van der Waals surface area contributed by atoms with E-state index in [4.69, 9.17) is 10.4 Å². The molecular formula is C23H21F4N5O3S. The van der Waals surface area contributed by atoms with Gasteiger partial charge in [-0.2, -0.15) is 18.4 Å². The van der Waals surface area contributed by atoms with Crippen LogP contribution in [0.15, 0.2) is 30.5 Å². The number of nitriles is 1. The van der Waals surface area contributed by atoms with E-state index >= 15 is 0 Å². The molecule has 2 N–H and O–H groups in total. The molecule has 2 amide bonds. The topological polar surface area (TPSA) is 110 Å². The Kier molecular flexibility index (Phi) is 6.85. The predicted octanol–water partition coefficient (Wildman–Crippen LogP) is 3.21. The molecule has 1 spiro atoms. The van der Waals surface area contributed by atoms with Gasteiger partial charge in [-0.05, 0) is 49.9 Å². The first-order chi connectivity index (χ1) is 17.0. The van der Waals surface area contributed by atoms with Crippen molar-refractivity contribution in [3.63, 3.8) is 0 Å². The molecular weight excluding hydrogens is 502 g/mol. The predicted molar refractivity (Wildman–Crippen MR) is 124 cm³/mol. The lowest BCUT2D eigenvalue weighted by atomic mass is 9.75.